The van der Waals surface area contributed by atoms with Crippen molar-refractivity contribution in [3.05, 3.63) is 108 Å². The first kappa shape index (κ1) is 26.0. The Morgan fingerprint density at radius 3 is 2.39 bits per heavy atom. The van der Waals surface area contributed by atoms with E-state index in [0.29, 0.717) is 18.9 Å². The van der Waals surface area contributed by atoms with E-state index in [1.54, 1.807) is 6.33 Å². The standard InChI is InChI=1S/C32H37N5O/c1-22(2)25-9-6-10-26(18-25)32(15-16-32)36-20-30(38)28(33)17-23-11-13-27(14-12-23)37-31-19-29(34-21-35-31)24-7-4-3-5-8-24/h3-14,18-19,21-22,28,30,36,38H,15-17,20,33H2,1-2H3,(H,34,35,37)/t28-,30+/m0/s1. The summed E-state index contributed by atoms with van der Waals surface area (Å²) in [5.74, 6) is 1.23. The summed E-state index contributed by atoms with van der Waals surface area (Å²) in [4.78, 5) is 8.73. The zero-order valence-electron chi connectivity index (χ0n) is 22.1. The van der Waals surface area contributed by atoms with E-state index in [-0.39, 0.29) is 11.6 Å². The predicted molar refractivity (Wildman–Crippen MR) is 154 cm³/mol. The lowest BCUT2D eigenvalue weighted by molar-refractivity contribution is 0.136. The third kappa shape index (κ3) is 6.27. The van der Waals surface area contributed by atoms with Crippen molar-refractivity contribution >= 4 is 11.5 Å². The number of anilines is 2. The molecule has 1 fully saturated rings. The van der Waals surface area contributed by atoms with Crippen LogP contribution in [-0.4, -0.2) is 33.8 Å². The highest BCUT2D eigenvalue weighted by Gasteiger charge is 2.44. The summed E-state index contributed by atoms with van der Waals surface area (Å²) in [6.45, 7) is 4.91. The molecule has 5 N–H and O–H groups in total. The predicted octanol–water partition coefficient (Wildman–Crippen LogP) is 5.52. The van der Waals surface area contributed by atoms with Crippen LogP contribution >= 0.6 is 0 Å². The molecule has 1 aliphatic rings. The van der Waals surface area contributed by atoms with Gasteiger partial charge in [0, 0.05) is 35.4 Å². The molecule has 0 aliphatic heterocycles. The first-order chi connectivity index (χ1) is 18.4. The van der Waals surface area contributed by atoms with Crippen molar-refractivity contribution in [2.75, 3.05) is 11.9 Å². The maximum absolute atomic E-state index is 10.8. The minimum Gasteiger partial charge on any atom is -0.390 e. The van der Waals surface area contributed by atoms with Crippen LogP contribution < -0.4 is 16.4 Å². The highest BCUT2D eigenvalue weighted by molar-refractivity contribution is 5.65. The Kier molecular flexibility index (Phi) is 7.84. The monoisotopic (exact) mass is 507 g/mol. The number of aliphatic hydroxyl groups excluding tert-OH is 1. The largest absolute Gasteiger partial charge is 0.390 e. The van der Waals surface area contributed by atoms with Crippen LogP contribution in [0.4, 0.5) is 11.5 Å². The third-order valence-electron chi connectivity index (χ3n) is 7.43. The topological polar surface area (TPSA) is 96.1 Å². The minimum atomic E-state index is -0.629. The Morgan fingerprint density at radius 1 is 0.921 bits per heavy atom. The molecule has 1 aromatic heterocycles. The zero-order chi connectivity index (χ0) is 26.5. The van der Waals surface area contributed by atoms with Crippen LogP contribution in [0, 0.1) is 0 Å². The average molecular weight is 508 g/mol. The SMILES string of the molecule is CC(C)c1cccc(C2(NC[C@@H](O)[C@@H](N)Cc3ccc(Nc4cc(-c5ccccc5)ncn4)cc3)CC2)c1. The van der Waals surface area contributed by atoms with Crippen molar-refractivity contribution in [2.45, 2.75) is 56.7 Å². The van der Waals surface area contributed by atoms with Gasteiger partial charge in [-0.25, -0.2) is 9.97 Å². The molecule has 2 atom stereocenters. The van der Waals surface area contributed by atoms with Crippen LogP contribution in [0.1, 0.15) is 49.3 Å². The zero-order valence-corrected chi connectivity index (χ0v) is 22.1. The van der Waals surface area contributed by atoms with Gasteiger partial charge in [-0.2, -0.15) is 0 Å². The Labute approximate surface area is 225 Å². The van der Waals surface area contributed by atoms with Crippen LogP contribution in [0.15, 0.2) is 91.3 Å². The van der Waals surface area contributed by atoms with E-state index in [1.165, 1.54) is 11.1 Å². The van der Waals surface area contributed by atoms with Gasteiger partial charge in [0.25, 0.3) is 0 Å². The van der Waals surface area contributed by atoms with Crippen molar-refractivity contribution in [1.82, 2.24) is 15.3 Å². The highest BCUT2D eigenvalue weighted by atomic mass is 16.3. The molecular formula is C32H37N5O. The van der Waals surface area contributed by atoms with Crippen molar-refractivity contribution < 1.29 is 5.11 Å². The summed E-state index contributed by atoms with van der Waals surface area (Å²) in [6.07, 6.45) is 3.72. The quantitative estimate of drug-likeness (QED) is 0.213. The molecule has 1 aliphatic carbocycles. The summed E-state index contributed by atoms with van der Waals surface area (Å²) in [5.41, 5.74) is 13.0. The first-order valence-corrected chi connectivity index (χ1v) is 13.4. The molecule has 3 aromatic carbocycles. The molecule has 1 heterocycles. The second kappa shape index (κ2) is 11.4. The van der Waals surface area contributed by atoms with Gasteiger partial charge in [0.05, 0.1) is 11.8 Å². The molecule has 0 bridgehead atoms. The van der Waals surface area contributed by atoms with Crippen LogP contribution in [0.2, 0.25) is 0 Å². The molecular weight excluding hydrogens is 470 g/mol. The van der Waals surface area contributed by atoms with Crippen molar-refractivity contribution in [1.29, 1.82) is 0 Å². The Bertz CT molecular complexity index is 1340. The Hall–Kier alpha value is -3.58. The normalized spacial score (nSPS) is 15.7. The van der Waals surface area contributed by atoms with Gasteiger partial charge in [0.2, 0.25) is 0 Å². The summed E-state index contributed by atoms with van der Waals surface area (Å²) in [7, 11) is 0. The number of nitrogens with two attached hydrogens (primary N) is 1. The van der Waals surface area contributed by atoms with E-state index in [1.807, 2.05) is 60.7 Å². The van der Waals surface area contributed by atoms with Crippen LogP contribution in [0.3, 0.4) is 0 Å². The minimum absolute atomic E-state index is 0.0275. The van der Waals surface area contributed by atoms with E-state index in [9.17, 15) is 5.11 Å². The molecule has 0 spiro atoms. The van der Waals surface area contributed by atoms with Crippen molar-refractivity contribution in [3.63, 3.8) is 0 Å². The Balaban J connectivity index is 1.14. The van der Waals surface area contributed by atoms with Crippen molar-refractivity contribution in [3.8, 4) is 11.3 Å². The lowest BCUT2D eigenvalue weighted by Crippen LogP contribution is -2.45. The van der Waals surface area contributed by atoms with Gasteiger partial charge < -0.3 is 21.5 Å². The number of aromatic nitrogens is 2. The molecule has 1 saturated carbocycles. The van der Waals surface area contributed by atoms with Crippen LogP contribution in [0.25, 0.3) is 11.3 Å². The van der Waals surface area contributed by atoms with E-state index < -0.39 is 6.10 Å². The molecule has 4 aromatic rings. The lowest BCUT2D eigenvalue weighted by Gasteiger charge is -2.24. The Morgan fingerprint density at radius 2 is 1.68 bits per heavy atom. The van der Waals surface area contributed by atoms with E-state index >= 15 is 0 Å². The number of rotatable bonds is 11. The number of hydrogen-bond donors (Lipinski definition) is 4. The van der Waals surface area contributed by atoms with Gasteiger partial charge >= 0.3 is 0 Å². The number of benzene rings is 3. The van der Waals surface area contributed by atoms with Crippen LogP contribution in [0.5, 0.6) is 0 Å². The van der Waals surface area contributed by atoms with E-state index in [4.69, 9.17) is 5.73 Å². The average Bonchev–Trinajstić information content (AvgIpc) is 3.75. The fraction of sp³-hybridized carbons (Fsp3) is 0.312. The summed E-state index contributed by atoms with van der Waals surface area (Å²) >= 11 is 0. The number of nitrogens with zero attached hydrogens (tertiary/aromatic N) is 2. The molecule has 6 nitrogen and oxygen atoms in total. The molecule has 5 rings (SSSR count). The lowest BCUT2D eigenvalue weighted by atomic mass is 9.96. The van der Waals surface area contributed by atoms with Crippen molar-refractivity contribution in [2.24, 2.45) is 5.73 Å². The molecule has 0 radical (unpaired) electrons. The maximum Gasteiger partial charge on any atom is 0.134 e. The second-order valence-electron chi connectivity index (χ2n) is 10.7. The smallest absolute Gasteiger partial charge is 0.134 e. The fourth-order valence-electron chi connectivity index (χ4n) is 4.81. The molecule has 0 unspecified atom stereocenters. The van der Waals surface area contributed by atoms with Crippen LogP contribution in [-0.2, 0) is 12.0 Å². The maximum atomic E-state index is 10.8. The van der Waals surface area contributed by atoms with Gasteiger partial charge in [-0.1, -0.05) is 80.6 Å². The van der Waals surface area contributed by atoms with E-state index in [0.717, 1.165) is 41.2 Å². The number of aliphatic hydroxyl groups is 1. The highest BCUT2D eigenvalue weighted by Crippen LogP contribution is 2.46. The molecule has 6 heteroatoms. The van der Waals surface area contributed by atoms with Gasteiger partial charge in [-0.15, -0.1) is 0 Å². The third-order valence-corrected chi connectivity index (χ3v) is 7.43. The first-order valence-electron chi connectivity index (χ1n) is 13.4. The number of nitrogens with one attached hydrogen (secondary N) is 2. The van der Waals surface area contributed by atoms with E-state index in [2.05, 4.69) is 58.7 Å². The summed E-state index contributed by atoms with van der Waals surface area (Å²) in [5, 5.41) is 17.8. The summed E-state index contributed by atoms with van der Waals surface area (Å²) < 4.78 is 0. The fourth-order valence-corrected chi connectivity index (χ4v) is 4.81. The molecule has 38 heavy (non-hydrogen) atoms. The summed E-state index contributed by atoms with van der Waals surface area (Å²) in [6, 6.07) is 28.6. The molecule has 196 valence electrons. The number of hydrogen-bond acceptors (Lipinski definition) is 6. The van der Waals surface area contributed by atoms with Gasteiger partial charge in [0.1, 0.15) is 12.1 Å². The van der Waals surface area contributed by atoms with Gasteiger partial charge in [-0.3, -0.25) is 0 Å². The molecule has 0 amide bonds. The molecule has 0 saturated heterocycles. The van der Waals surface area contributed by atoms with Gasteiger partial charge in [-0.05, 0) is 54.0 Å². The van der Waals surface area contributed by atoms with Gasteiger partial charge in [0.15, 0.2) is 0 Å². The second-order valence-corrected chi connectivity index (χ2v) is 10.7.